The van der Waals surface area contributed by atoms with Crippen molar-refractivity contribution in [2.24, 2.45) is 5.73 Å². The highest BCUT2D eigenvalue weighted by atomic mass is 16.5. The van der Waals surface area contributed by atoms with Crippen LogP contribution in [0.3, 0.4) is 0 Å². The lowest BCUT2D eigenvalue weighted by Crippen LogP contribution is -2.13. The van der Waals surface area contributed by atoms with E-state index in [1.165, 1.54) is 26.4 Å². The normalized spacial score (nSPS) is 9.57. The average molecular weight is 197 g/mol. The fourth-order valence-corrected chi connectivity index (χ4v) is 1.15. The minimum Gasteiger partial charge on any atom is -0.507 e. The van der Waals surface area contributed by atoms with E-state index in [9.17, 15) is 9.90 Å². The van der Waals surface area contributed by atoms with E-state index in [4.69, 9.17) is 15.2 Å². The van der Waals surface area contributed by atoms with Crippen molar-refractivity contribution in [2.75, 3.05) is 14.2 Å². The Hall–Kier alpha value is -1.91. The molecule has 1 aromatic carbocycles. The summed E-state index contributed by atoms with van der Waals surface area (Å²) >= 11 is 0. The van der Waals surface area contributed by atoms with Crippen LogP contribution in [-0.4, -0.2) is 25.2 Å². The number of methoxy groups -OCH3 is 2. The van der Waals surface area contributed by atoms with Crippen LogP contribution in [0.2, 0.25) is 0 Å². The first-order valence-electron chi connectivity index (χ1n) is 3.85. The number of carbonyl (C=O) groups excluding carboxylic acids is 1. The summed E-state index contributed by atoms with van der Waals surface area (Å²) in [6.45, 7) is 0. The Kier molecular flexibility index (Phi) is 2.81. The summed E-state index contributed by atoms with van der Waals surface area (Å²) in [5, 5.41) is 9.38. The van der Waals surface area contributed by atoms with E-state index in [1.807, 2.05) is 0 Å². The van der Waals surface area contributed by atoms with E-state index in [2.05, 4.69) is 0 Å². The molecule has 5 nitrogen and oxygen atoms in total. The maximum atomic E-state index is 11.0. The molecule has 0 aliphatic rings. The molecule has 0 saturated carbocycles. The highest BCUT2D eigenvalue weighted by Gasteiger charge is 2.18. The van der Waals surface area contributed by atoms with Crippen LogP contribution in [0.15, 0.2) is 12.1 Å². The lowest BCUT2D eigenvalue weighted by atomic mass is 10.1. The van der Waals surface area contributed by atoms with Crippen LogP contribution in [0.4, 0.5) is 0 Å². The third-order valence-corrected chi connectivity index (χ3v) is 1.77. The first-order valence-corrected chi connectivity index (χ1v) is 3.85. The first-order chi connectivity index (χ1) is 6.61. The van der Waals surface area contributed by atoms with Gasteiger partial charge in [-0.05, 0) is 12.1 Å². The molecule has 0 heterocycles. The van der Waals surface area contributed by atoms with E-state index >= 15 is 0 Å². The van der Waals surface area contributed by atoms with Crippen LogP contribution in [0.1, 0.15) is 10.4 Å². The zero-order chi connectivity index (χ0) is 10.7. The molecule has 76 valence electrons. The Morgan fingerprint density at radius 3 is 2.43 bits per heavy atom. The number of amides is 1. The Morgan fingerprint density at radius 1 is 1.36 bits per heavy atom. The monoisotopic (exact) mass is 197 g/mol. The highest BCUT2D eigenvalue weighted by molar-refractivity contribution is 5.99. The third-order valence-electron chi connectivity index (χ3n) is 1.77. The second-order valence-electron chi connectivity index (χ2n) is 2.56. The number of aromatic hydroxyl groups is 1. The Balaban J connectivity index is 3.42. The number of nitrogens with two attached hydrogens (primary N) is 1. The predicted molar refractivity (Wildman–Crippen MR) is 49.7 cm³/mol. The van der Waals surface area contributed by atoms with E-state index in [0.717, 1.165) is 0 Å². The molecule has 0 aliphatic heterocycles. The summed E-state index contributed by atoms with van der Waals surface area (Å²) in [4.78, 5) is 11.0. The topological polar surface area (TPSA) is 81.8 Å². The van der Waals surface area contributed by atoms with Crippen molar-refractivity contribution in [3.05, 3.63) is 17.7 Å². The van der Waals surface area contributed by atoms with Crippen molar-refractivity contribution in [1.82, 2.24) is 0 Å². The maximum absolute atomic E-state index is 11.0. The Labute approximate surface area is 81.0 Å². The quantitative estimate of drug-likeness (QED) is 0.739. The molecular formula is C9H11NO4. The molecule has 3 N–H and O–H groups in total. The largest absolute Gasteiger partial charge is 0.507 e. The highest BCUT2D eigenvalue weighted by Crippen LogP contribution is 2.36. The zero-order valence-corrected chi connectivity index (χ0v) is 7.90. The van der Waals surface area contributed by atoms with Gasteiger partial charge in [0.15, 0.2) is 11.5 Å². The van der Waals surface area contributed by atoms with Crippen LogP contribution >= 0.6 is 0 Å². The lowest BCUT2D eigenvalue weighted by Gasteiger charge is -2.11. The lowest BCUT2D eigenvalue weighted by molar-refractivity contribution is 0.0994. The van der Waals surface area contributed by atoms with Gasteiger partial charge in [-0.2, -0.15) is 0 Å². The van der Waals surface area contributed by atoms with Gasteiger partial charge in [0, 0.05) is 0 Å². The first kappa shape index (κ1) is 10.2. The molecule has 0 aromatic heterocycles. The molecule has 0 spiro atoms. The number of carbonyl (C=O) groups is 1. The smallest absolute Gasteiger partial charge is 0.256 e. The summed E-state index contributed by atoms with van der Waals surface area (Å²) in [6, 6.07) is 2.81. The van der Waals surface area contributed by atoms with Crippen LogP contribution in [-0.2, 0) is 0 Å². The number of ether oxygens (including phenoxy) is 2. The number of hydrogen-bond donors (Lipinski definition) is 2. The molecule has 0 fully saturated rings. The minimum atomic E-state index is -0.766. The van der Waals surface area contributed by atoms with Crippen molar-refractivity contribution >= 4 is 5.91 Å². The van der Waals surface area contributed by atoms with Gasteiger partial charge < -0.3 is 20.3 Å². The number of benzene rings is 1. The number of hydrogen-bond acceptors (Lipinski definition) is 4. The van der Waals surface area contributed by atoms with Gasteiger partial charge in [-0.15, -0.1) is 0 Å². The number of primary amides is 1. The van der Waals surface area contributed by atoms with Crippen molar-refractivity contribution < 1.29 is 19.4 Å². The summed E-state index contributed by atoms with van der Waals surface area (Å²) in [5.41, 5.74) is 5.00. The molecule has 1 amide bonds. The second-order valence-corrected chi connectivity index (χ2v) is 2.56. The van der Waals surface area contributed by atoms with Crippen molar-refractivity contribution in [3.8, 4) is 17.2 Å². The molecule has 0 atom stereocenters. The summed E-state index contributed by atoms with van der Waals surface area (Å²) < 4.78 is 9.86. The Morgan fingerprint density at radius 2 is 2.00 bits per heavy atom. The van der Waals surface area contributed by atoms with E-state index < -0.39 is 5.91 Å². The molecule has 14 heavy (non-hydrogen) atoms. The molecule has 0 saturated heterocycles. The molecule has 1 aromatic rings. The van der Waals surface area contributed by atoms with E-state index in [-0.39, 0.29) is 17.1 Å². The number of phenols is 1. The minimum absolute atomic E-state index is 0.0770. The second kappa shape index (κ2) is 3.87. The number of rotatable bonds is 3. The fraction of sp³-hybridized carbons (Fsp3) is 0.222. The average Bonchev–Trinajstić information content (AvgIpc) is 2.16. The van der Waals surface area contributed by atoms with Crippen LogP contribution in [0, 0.1) is 0 Å². The van der Waals surface area contributed by atoms with Gasteiger partial charge in [0.1, 0.15) is 11.3 Å². The third kappa shape index (κ3) is 1.56. The molecule has 1 rings (SSSR count). The van der Waals surface area contributed by atoms with Crippen molar-refractivity contribution in [1.29, 1.82) is 0 Å². The van der Waals surface area contributed by atoms with Gasteiger partial charge in [-0.1, -0.05) is 0 Å². The van der Waals surface area contributed by atoms with Gasteiger partial charge in [-0.25, -0.2) is 0 Å². The summed E-state index contributed by atoms with van der Waals surface area (Å²) in [6.07, 6.45) is 0. The predicted octanol–water partition coefficient (Wildman–Crippen LogP) is 0.508. The molecule has 0 bridgehead atoms. The Bertz CT molecular complexity index is 362. The van der Waals surface area contributed by atoms with E-state index in [1.54, 1.807) is 0 Å². The van der Waals surface area contributed by atoms with Gasteiger partial charge >= 0.3 is 0 Å². The van der Waals surface area contributed by atoms with Gasteiger partial charge in [0.25, 0.3) is 5.91 Å². The SMILES string of the molecule is COc1ccc(O)c(C(N)=O)c1OC. The molecular weight excluding hydrogens is 186 g/mol. The van der Waals surface area contributed by atoms with Crippen LogP contribution < -0.4 is 15.2 Å². The molecule has 0 aliphatic carbocycles. The standard InChI is InChI=1S/C9H11NO4/c1-13-6-4-3-5(11)7(9(10)12)8(6)14-2/h3-4,11H,1-2H3,(H2,10,12). The summed E-state index contributed by atoms with van der Waals surface area (Å²) in [5.74, 6) is -0.507. The zero-order valence-electron chi connectivity index (χ0n) is 7.90. The van der Waals surface area contributed by atoms with Crippen LogP contribution in [0.5, 0.6) is 17.2 Å². The molecule has 0 unspecified atom stereocenters. The van der Waals surface area contributed by atoms with Crippen molar-refractivity contribution in [3.63, 3.8) is 0 Å². The van der Waals surface area contributed by atoms with E-state index in [0.29, 0.717) is 5.75 Å². The summed E-state index contributed by atoms with van der Waals surface area (Å²) in [7, 11) is 2.80. The van der Waals surface area contributed by atoms with Crippen molar-refractivity contribution in [2.45, 2.75) is 0 Å². The van der Waals surface area contributed by atoms with Gasteiger partial charge in [0.2, 0.25) is 0 Å². The van der Waals surface area contributed by atoms with Gasteiger partial charge in [0.05, 0.1) is 14.2 Å². The fourth-order valence-electron chi connectivity index (χ4n) is 1.15. The molecule has 0 radical (unpaired) electrons. The molecule has 5 heteroatoms. The maximum Gasteiger partial charge on any atom is 0.256 e. The van der Waals surface area contributed by atoms with Gasteiger partial charge in [-0.3, -0.25) is 4.79 Å². The van der Waals surface area contributed by atoms with Crippen LogP contribution in [0.25, 0.3) is 0 Å².